The second-order valence-corrected chi connectivity index (χ2v) is 6.43. The molecule has 0 atom stereocenters. The molecule has 27 heavy (non-hydrogen) atoms. The lowest BCUT2D eigenvalue weighted by molar-refractivity contribution is -0.117. The number of nitrogens with zero attached hydrogens (tertiary/aromatic N) is 5. The first-order chi connectivity index (χ1) is 12.8. The summed E-state index contributed by atoms with van der Waals surface area (Å²) in [6.07, 6.45) is -1.37. The first kappa shape index (κ1) is 19.2. The van der Waals surface area contributed by atoms with Gasteiger partial charge in [-0.1, -0.05) is 41.4 Å². The van der Waals surface area contributed by atoms with E-state index >= 15 is 0 Å². The Bertz CT molecular complexity index is 972. The summed E-state index contributed by atoms with van der Waals surface area (Å²) in [6.45, 7) is 1.59. The van der Waals surface area contributed by atoms with Crippen molar-refractivity contribution in [1.82, 2.24) is 24.5 Å². The van der Waals surface area contributed by atoms with Crippen molar-refractivity contribution in [2.24, 2.45) is 0 Å². The summed E-state index contributed by atoms with van der Waals surface area (Å²) in [4.78, 5) is 16.1. The van der Waals surface area contributed by atoms with Gasteiger partial charge in [0, 0.05) is 5.02 Å². The predicted molar refractivity (Wildman–Crippen MR) is 96.1 cm³/mol. The van der Waals surface area contributed by atoms with E-state index in [0.29, 0.717) is 11.6 Å². The summed E-state index contributed by atoms with van der Waals surface area (Å²) in [5.41, 5.74) is 0.576. The summed E-state index contributed by atoms with van der Waals surface area (Å²) < 4.78 is 28.3. The number of benzene rings is 1. The molecule has 2 heterocycles. The van der Waals surface area contributed by atoms with Crippen LogP contribution in [-0.4, -0.2) is 30.5 Å². The van der Waals surface area contributed by atoms with Gasteiger partial charge in [-0.3, -0.25) is 14.8 Å². The Kier molecular flexibility index (Phi) is 5.71. The molecule has 0 saturated heterocycles. The number of anilines is 1. The van der Waals surface area contributed by atoms with Crippen LogP contribution in [0.3, 0.4) is 0 Å². The number of carbonyl (C=O) groups excluding carboxylic acids is 1. The van der Waals surface area contributed by atoms with Crippen LogP contribution in [-0.2, 0) is 17.9 Å². The maximum atomic E-state index is 12.8. The van der Waals surface area contributed by atoms with E-state index in [-0.39, 0.29) is 23.2 Å². The van der Waals surface area contributed by atoms with Crippen molar-refractivity contribution >= 4 is 35.1 Å². The van der Waals surface area contributed by atoms with Crippen LogP contribution in [0.5, 0.6) is 0 Å². The predicted octanol–water partition coefficient (Wildman–Crippen LogP) is 3.71. The van der Waals surface area contributed by atoms with Crippen molar-refractivity contribution in [2.45, 2.75) is 26.4 Å². The van der Waals surface area contributed by atoms with Crippen molar-refractivity contribution in [3.05, 3.63) is 57.6 Å². The highest BCUT2D eigenvalue weighted by atomic mass is 35.5. The summed E-state index contributed by atoms with van der Waals surface area (Å²) in [5, 5.41) is 10.7. The minimum Gasteiger partial charge on any atom is -0.292 e. The van der Waals surface area contributed by atoms with Crippen molar-refractivity contribution in [3.8, 4) is 0 Å². The zero-order valence-corrected chi connectivity index (χ0v) is 15.5. The molecule has 1 amide bonds. The van der Waals surface area contributed by atoms with Gasteiger partial charge in [0.1, 0.15) is 18.6 Å². The lowest BCUT2D eigenvalue weighted by Gasteiger charge is -2.04. The normalized spacial score (nSPS) is 11.2. The van der Waals surface area contributed by atoms with Gasteiger partial charge in [0.2, 0.25) is 11.9 Å². The Morgan fingerprint density at radius 3 is 2.67 bits per heavy atom. The Labute approximate surface area is 162 Å². The summed E-state index contributed by atoms with van der Waals surface area (Å²) >= 11 is 11.9. The highest BCUT2D eigenvalue weighted by Crippen LogP contribution is 2.28. The number of aromatic nitrogens is 5. The molecule has 0 fully saturated rings. The van der Waals surface area contributed by atoms with E-state index in [4.69, 9.17) is 23.2 Å². The number of alkyl halides is 2. The average Bonchev–Trinajstić information content (AvgIpc) is 3.16. The first-order valence-corrected chi connectivity index (χ1v) is 8.54. The van der Waals surface area contributed by atoms with Gasteiger partial charge in [0.25, 0.3) is 6.43 Å². The van der Waals surface area contributed by atoms with E-state index in [1.807, 2.05) is 18.2 Å². The summed E-state index contributed by atoms with van der Waals surface area (Å²) in [5.74, 6) is -0.439. The van der Waals surface area contributed by atoms with Crippen LogP contribution in [0.2, 0.25) is 10.0 Å². The second kappa shape index (κ2) is 8.01. The van der Waals surface area contributed by atoms with E-state index in [9.17, 15) is 13.6 Å². The monoisotopic (exact) mass is 414 g/mol. The molecule has 2 aromatic heterocycles. The third-order valence-corrected chi connectivity index (χ3v) is 4.57. The zero-order valence-electron chi connectivity index (χ0n) is 14.0. The summed E-state index contributed by atoms with van der Waals surface area (Å²) in [6, 6.07) is 7.29. The van der Waals surface area contributed by atoms with Crippen LogP contribution < -0.4 is 5.32 Å². The SMILES string of the molecule is Cc1c(Cl)c(C(F)F)nn1CC(=O)Nc1ncn(Cc2ccccc2Cl)n1. The van der Waals surface area contributed by atoms with Crippen molar-refractivity contribution in [2.75, 3.05) is 5.32 Å². The van der Waals surface area contributed by atoms with Crippen molar-refractivity contribution in [1.29, 1.82) is 0 Å². The van der Waals surface area contributed by atoms with Gasteiger partial charge in [-0.15, -0.1) is 5.10 Å². The molecule has 0 unspecified atom stereocenters. The molecule has 142 valence electrons. The topological polar surface area (TPSA) is 77.6 Å². The van der Waals surface area contributed by atoms with E-state index in [2.05, 4.69) is 20.5 Å². The molecule has 7 nitrogen and oxygen atoms in total. The fourth-order valence-electron chi connectivity index (χ4n) is 2.37. The molecule has 0 bridgehead atoms. The van der Waals surface area contributed by atoms with E-state index in [0.717, 1.165) is 10.2 Å². The summed E-state index contributed by atoms with van der Waals surface area (Å²) in [7, 11) is 0. The number of rotatable bonds is 6. The molecule has 3 rings (SSSR count). The minimum atomic E-state index is -2.82. The van der Waals surface area contributed by atoms with Crippen LogP contribution in [0.15, 0.2) is 30.6 Å². The lowest BCUT2D eigenvalue weighted by Crippen LogP contribution is -2.21. The Balaban J connectivity index is 1.65. The molecule has 0 radical (unpaired) electrons. The van der Waals surface area contributed by atoms with Gasteiger partial charge < -0.3 is 0 Å². The fourth-order valence-corrected chi connectivity index (χ4v) is 2.78. The number of nitrogens with one attached hydrogen (secondary N) is 1. The van der Waals surface area contributed by atoms with Gasteiger partial charge in [0.05, 0.1) is 17.3 Å². The van der Waals surface area contributed by atoms with Crippen molar-refractivity contribution in [3.63, 3.8) is 0 Å². The smallest absolute Gasteiger partial charge is 0.283 e. The average molecular weight is 415 g/mol. The van der Waals surface area contributed by atoms with Gasteiger partial charge in [-0.2, -0.15) is 5.10 Å². The number of halogens is 4. The maximum absolute atomic E-state index is 12.8. The Morgan fingerprint density at radius 2 is 2.00 bits per heavy atom. The molecule has 1 N–H and O–H groups in total. The molecule has 0 aliphatic carbocycles. The number of carbonyl (C=O) groups is 1. The Morgan fingerprint density at radius 1 is 1.26 bits per heavy atom. The molecule has 3 aromatic rings. The zero-order chi connectivity index (χ0) is 19.6. The molecular formula is C16H14Cl2F2N6O. The van der Waals surface area contributed by atoms with Crippen LogP contribution in [0.25, 0.3) is 0 Å². The highest BCUT2D eigenvalue weighted by Gasteiger charge is 2.21. The molecule has 0 aliphatic rings. The molecule has 1 aromatic carbocycles. The van der Waals surface area contributed by atoms with Gasteiger partial charge >= 0.3 is 0 Å². The molecule has 11 heteroatoms. The standard InChI is InChI=1S/C16H14Cl2F2N6O/c1-9-13(18)14(15(19)20)23-26(9)7-12(27)22-16-21-8-25(24-16)6-10-4-2-3-5-11(10)17/h2-5,8,15H,6-7H2,1H3,(H,22,24,27). The van der Waals surface area contributed by atoms with E-state index in [1.165, 1.54) is 17.9 Å². The molecule has 0 saturated carbocycles. The van der Waals surface area contributed by atoms with Gasteiger partial charge in [-0.05, 0) is 18.6 Å². The van der Waals surface area contributed by atoms with E-state index < -0.39 is 18.0 Å². The van der Waals surface area contributed by atoms with Crippen LogP contribution in [0, 0.1) is 6.92 Å². The van der Waals surface area contributed by atoms with Crippen LogP contribution in [0.1, 0.15) is 23.4 Å². The molecule has 0 spiro atoms. The number of hydrogen-bond acceptors (Lipinski definition) is 4. The molecular weight excluding hydrogens is 401 g/mol. The third kappa shape index (κ3) is 4.42. The minimum absolute atomic E-state index is 0.0806. The van der Waals surface area contributed by atoms with E-state index in [1.54, 1.807) is 6.07 Å². The van der Waals surface area contributed by atoms with Crippen LogP contribution in [0.4, 0.5) is 14.7 Å². The first-order valence-electron chi connectivity index (χ1n) is 7.78. The quantitative estimate of drug-likeness (QED) is 0.666. The molecule has 0 aliphatic heterocycles. The number of hydrogen-bond donors (Lipinski definition) is 1. The van der Waals surface area contributed by atoms with Gasteiger partial charge in [-0.25, -0.2) is 18.4 Å². The van der Waals surface area contributed by atoms with Crippen molar-refractivity contribution < 1.29 is 13.6 Å². The largest absolute Gasteiger partial charge is 0.292 e. The highest BCUT2D eigenvalue weighted by molar-refractivity contribution is 6.32. The third-order valence-electron chi connectivity index (χ3n) is 3.74. The fraction of sp³-hybridized carbons (Fsp3) is 0.250. The maximum Gasteiger partial charge on any atom is 0.283 e. The second-order valence-electron chi connectivity index (χ2n) is 5.65. The van der Waals surface area contributed by atoms with Crippen LogP contribution >= 0.6 is 23.2 Å². The number of amides is 1. The Hall–Kier alpha value is -2.52. The van der Waals surface area contributed by atoms with Gasteiger partial charge in [0.15, 0.2) is 0 Å². The lowest BCUT2D eigenvalue weighted by atomic mass is 10.2.